The lowest BCUT2D eigenvalue weighted by molar-refractivity contribution is 0.0526. The number of esters is 1. The lowest BCUT2D eigenvalue weighted by Crippen LogP contribution is -2.19. The second-order valence-corrected chi connectivity index (χ2v) is 3.87. The molecule has 0 saturated carbocycles. The van der Waals surface area contributed by atoms with Crippen molar-refractivity contribution in [1.82, 2.24) is 20.1 Å². The maximum absolute atomic E-state index is 11.6. The summed E-state index contributed by atoms with van der Waals surface area (Å²) in [6.45, 7) is 2.04. The third-order valence-corrected chi connectivity index (χ3v) is 2.56. The Kier molecular flexibility index (Phi) is 4.09. The van der Waals surface area contributed by atoms with Gasteiger partial charge in [-0.05, 0) is 19.1 Å². The molecule has 0 aliphatic heterocycles. The highest BCUT2D eigenvalue weighted by Gasteiger charge is 2.11. The Hall–Kier alpha value is -2.70. The number of carbonyl (C=O) groups is 2. The van der Waals surface area contributed by atoms with Crippen LogP contribution in [0.2, 0.25) is 0 Å². The van der Waals surface area contributed by atoms with Gasteiger partial charge in [-0.3, -0.25) is 9.78 Å². The van der Waals surface area contributed by atoms with E-state index in [-0.39, 0.29) is 11.6 Å². The van der Waals surface area contributed by atoms with Crippen molar-refractivity contribution in [2.45, 2.75) is 6.92 Å². The van der Waals surface area contributed by atoms with Crippen LogP contribution in [0.3, 0.4) is 0 Å². The molecule has 0 spiro atoms. The maximum Gasteiger partial charge on any atom is 0.341 e. The van der Waals surface area contributed by atoms with E-state index < -0.39 is 5.97 Å². The van der Waals surface area contributed by atoms with Gasteiger partial charge in [-0.25, -0.2) is 9.48 Å². The summed E-state index contributed by atoms with van der Waals surface area (Å²) >= 11 is 0. The first-order chi connectivity index (χ1) is 9.65. The Labute approximate surface area is 115 Å². The highest BCUT2D eigenvalue weighted by Crippen LogP contribution is 2.10. The zero-order valence-electron chi connectivity index (χ0n) is 11.2. The summed E-state index contributed by atoms with van der Waals surface area (Å²) in [6.07, 6.45) is 4.46. The summed E-state index contributed by atoms with van der Waals surface area (Å²) in [4.78, 5) is 27.0. The Morgan fingerprint density at radius 3 is 2.95 bits per heavy atom. The molecule has 2 heterocycles. The van der Waals surface area contributed by atoms with Crippen molar-refractivity contribution in [1.29, 1.82) is 0 Å². The van der Waals surface area contributed by atoms with Crippen LogP contribution < -0.4 is 5.32 Å². The van der Waals surface area contributed by atoms with Gasteiger partial charge in [0, 0.05) is 19.4 Å². The van der Waals surface area contributed by atoms with Gasteiger partial charge in [-0.15, -0.1) is 0 Å². The summed E-state index contributed by atoms with van der Waals surface area (Å²) in [6, 6.07) is 3.27. The molecule has 0 aliphatic rings. The Balaban J connectivity index is 2.28. The molecule has 0 unspecified atom stereocenters. The number of nitrogens with one attached hydrogen (secondary N) is 1. The molecule has 0 bridgehead atoms. The van der Waals surface area contributed by atoms with Gasteiger partial charge in [-0.1, -0.05) is 0 Å². The van der Waals surface area contributed by atoms with E-state index in [1.165, 1.54) is 24.1 Å². The van der Waals surface area contributed by atoms with Crippen LogP contribution in [0.5, 0.6) is 0 Å². The first-order valence-corrected chi connectivity index (χ1v) is 6.06. The van der Waals surface area contributed by atoms with Gasteiger partial charge in [0.15, 0.2) is 0 Å². The molecule has 0 aliphatic carbocycles. The Bertz CT molecular complexity index is 636. The fraction of sp³-hybridized carbons (Fsp3) is 0.231. The van der Waals surface area contributed by atoms with Gasteiger partial charge in [0.25, 0.3) is 5.91 Å². The van der Waals surface area contributed by atoms with Crippen molar-refractivity contribution in [3.05, 3.63) is 42.0 Å². The molecule has 2 rings (SSSR count). The average molecular weight is 274 g/mol. The molecule has 7 nitrogen and oxygen atoms in total. The van der Waals surface area contributed by atoms with E-state index in [4.69, 9.17) is 4.74 Å². The molecule has 0 atom stereocenters. The lowest BCUT2D eigenvalue weighted by atomic mass is 10.3. The second kappa shape index (κ2) is 5.96. The van der Waals surface area contributed by atoms with Gasteiger partial charge < -0.3 is 10.1 Å². The number of aromatic nitrogens is 3. The van der Waals surface area contributed by atoms with Crippen molar-refractivity contribution >= 4 is 11.9 Å². The number of hydrogen-bond donors (Lipinski definition) is 1. The minimum absolute atomic E-state index is 0.276. The van der Waals surface area contributed by atoms with E-state index in [9.17, 15) is 9.59 Å². The van der Waals surface area contributed by atoms with Crippen LogP contribution in [0.1, 0.15) is 27.8 Å². The molecule has 0 aromatic carbocycles. The minimum atomic E-state index is -0.431. The van der Waals surface area contributed by atoms with Crippen LogP contribution in [0.25, 0.3) is 5.69 Å². The van der Waals surface area contributed by atoms with Crippen LogP contribution in [0.4, 0.5) is 0 Å². The smallest absolute Gasteiger partial charge is 0.341 e. The topological polar surface area (TPSA) is 86.1 Å². The van der Waals surface area contributed by atoms with Gasteiger partial charge in [-0.2, -0.15) is 5.10 Å². The molecule has 0 fully saturated rings. The summed E-state index contributed by atoms with van der Waals surface area (Å²) in [5, 5.41) is 6.57. The summed E-state index contributed by atoms with van der Waals surface area (Å²) in [7, 11) is 1.53. The highest BCUT2D eigenvalue weighted by molar-refractivity contribution is 5.92. The molecule has 20 heavy (non-hydrogen) atoms. The Morgan fingerprint density at radius 1 is 1.45 bits per heavy atom. The summed E-state index contributed by atoms with van der Waals surface area (Å²) in [5.74, 6) is -0.719. The molecular weight excluding hydrogens is 260 g/mol. The number of nitrogens with zero attached hydrogens (tertiary/aromatic N) is 3. The van der Waals surface area contributed by atoms with Gasteiger partial charge in [0.1, 0.15) is 5.69 Å². The first-order valence-electron chi connectivity index (χ1n) is 6.06. The molecular formula is C13H14N4O3. The van der Waals surface area contributed by atoms with Crippen LogP contribution in [0, 0.1) is 0 Å². The maximum atomic E-state index is 11.6. The predicted molar refractivity (Wildman–Crippen MR) is 70.7 cm³/mol. The molecule has 7 heteroatoms. The zero-order valence-corrected chi connectivity index (χ0v) is 11.2. The van der Waals surface area contributed by atoms with Crippen molar-refractivity contribution in [3.8, 4) is 5.69 Å². The zero-order chi connectivity index (χ0) is 14.5. The largest absolute Gasteiger partial charge is 0.462 e. The van der Waals surface area contributed by atoms with Gasteiger partial charge in [0.05, 0.1) is 24.1 Å². The van der Waals surface area contributed by atoms with E-state index >= 15 is 0 Å². The Morgan fingerprint density at radius 2 is 2.25 bits per heavy atom. The molecule has 2 aromatic heterocycles. The molecule has 0 radical (unpaired) electrons. The van der Waals surface area contributed by atoms with Gasteiger partial charge in [0.2, 0.25) is 0 Å². The third-order valence-electron chi connectivity index (χ3n) is 2.56. The summed E-state index contributed by atoms with van der Waals surface area (Å²) < 4.78 is 6.37. The highest BCUT2D eigenvalue weighted by atomic mass is 16.5. The lowest BCUT2D eigenvalue weighted by Gasteiger charge is -2.03. The number of rotatable bonds is 4. The molecule has 0 saturated heterocycles. The summed E-state index contributed by atoms with van der Waals surface area (Å²) in [5.41, 5.74) is 1.26. The van der Waals surface area contributed by atoms with Crippen molar-refractivity contribution in [2.24, 2.45) is 0 Å². The van der Waals surface area contributed by atoms with E-state index in [2.05, 4.69) is 15.4 Å². The van der Waals surface area contributed by atoms with E-state index in [0.29, 0.717) is 17.9 Å². The first kappa shape index (κ1) is 13.7. The van der Waals surface area contributed by atoms with E-state index in [1.807, 2.05) is 0 Å². The van der Waals surface area contributed by atoms with Crippen LogP contribution >= 0.6 is 0 Å². The van der Waals surface area contributed by atoms with Crippen LogP contribution in [-0.4, -0.2) is 40.3 Å². The molecule has 1 N–H and O–H groups in total. The normalized spacial score (nSPS) is 10.1. The fourth-order valence-corrected chi connectivity index (χ4v) is 1.60. The van der Waals surface area contributed by atoms with E-state index in [1.54, 1.807) is 25.3 Å². The standard InChI is InChI=1S/C13H14N4O3/c1-3-20-13(19)9-7-16-17(8-9)10-4-5-15-11(6-10)12(18)14-2/h4-8H,3H2,1-2H3,(H,14,18). The third kappa shape index (κ3) is 2.82. The van der Waals surface area contributed by atoms with Crippen molar-refractivity contribution in [3.63, 3.8) is 0 Å². The molecule has 2 aromatic rings. The molecule has 104 valence electrons. The van der Waals surface area contributed by atoms with Crippen LogP contribution in [0.15, 0.2) is 30.7 Å². The predicted octanol–water partition coefficient (Wildman–Crippen LogP) is 0.804. The van der Waals surface area contributed by atoms with Crippen molar-refractivity contribution in [2.75, 3.05) is 13.7 Å². The number of carbonyl (C=O) groups excluding carboxylic acids is 2. The second-order valence-electron chi connectivity index (χ2n) is 3.87. The monoisotopic (exact) mass is 274 g/mol. The quantitative estimate of drug-likeness (QED) is 0.833. The van der Waals surface area contributed by atoms with Crippen LogP contribution in [-0.2, 0) is 4.74 Å². The SMILES string of the molecule is CCOC(=O)c1cnn(-c2ccnc(C(=O)NC)c2)c1. The average Bonchev–Trinajstić information content (AvgIpc) is 2.97. The minimum Gasteiger partial charge on any atom is -0.462 e. The van der Waals surface area contributed by atoms with E-state index in [0.717, 1.165) is 0 Å². The number of amides is 1. The number of ether oxygens (including phenoxy) is 1. The molecule has 1 amide bonds. The van der Waals surface area contributed by atoms with Crippen molar-refractivity contribution < 1.29 is 14.3 Å². The fourth-order valence-electron chi connectivity index (χ4n) is 1.60. The number of pyridine rings is 1. The number of hydrogen-bond acceptors (Lipinski definition) is 5. The van der Waals surface area contributed by atoms with Gasteiger partial charge >= 0.3 is 5.97 Å².